The van der Waals surface area contributed by atoms with Gasteiger partial charge in [-0.1, -0.05) is 0 Å². The first-order chi connectivity index (χ1) is 8.56. The number of aliphatic carboxylic acids is 1. The number of carboxylic acid groups (broad SMARTS) is 1. The molecule has 0 saturated carbocycles. The van der Waals surface area contributed by atoms with E-state index >= 15 is 0 Å². The number of carbonyl (C=O) groups is 1. The second-order valence-electron chi connectivity index (χ2n) is 3.48. The van der Waals surface area contributed by atoms with E-state index < -0.39 is 17.6 Å². The topological polar surface area (TPSA) is 80.9 Å². The Balaban J connectivity index is 2.18. The lowest BCUT2D eigenvalue weighted by Gasteiger charge is -1.96. The van der Waals surface area contributed by atoms with Crippen molar-refractivity contribution in [3.8, 4) is 11.4 Å². The number of rotatable bonds is 4. The Kier molecular flexibility index (Phi) is 3.26. The van der Waals surface area contributed by atoms with Crippen LogP contribution in [0.3, 0.4) is 0 Å². The lowest BCUT2D eigenvalue weighted by Crippen LogP contribution is -2.07. The molecule has 0 fully saturated rings. The molecule has 0 amide bonds. The molecule has 0 atom stereocenters. The van der Waals surface area contributed by atoms with Crippen LogP contribution in [0.2, 0.25) is 0 Å². The Hall–Kier alpha value is -2.38. The third-order valence-electron chi connectivity index (χ3n) is 2.16. The first-order valence-corrected chi connectivity index (χ1v) is 5.01. The van der Waals surface area contributed by atoms with Crippen molar-refractivity contribution in [3.63, 3.8) is 0 Å². The largest absolute Gasteiger partial charge is 0.481 e. The molecule has 1 aromatic heterocycles. The van der Waals surface area contributed by atoms with Crippen LogP contribution in [0.5, 0.6) is 0 Å². The first kappa shape index (κ1) is 12.1. The van der Waals surface area contributed by atoms with Gasteiger partial charge in [0.1, 0.15) is 0 Å². The molecular formula is C10H8F2N4O2. The van der Waals surface area contributed by atoms with Gasteiger partial charge in [-0.15, -0.1) is 10.2 Å². The summed E-state index contributed by atoms with van der Waals surface area (Å²) in [6.45, 7) is 0.0615. The van der Waals surface area contributed by atoms with E-state index in [9.17, 15) is 13.6 Å². The van der Waals surface area contributed by atoms with Gasteiger partial charge in [0.15, 0.2) is 11.6 Å². The fraction of sp³-hybridized carbons (Fsp3) is 0.200. The Bertz CT molecular complexity index is 585. The van der Waals surface area contributed by atoms with Gasteiger partial charge in [0.2, 0.25) is 5.82 Å². The SMILES string of the molecule is O=C(O)CCn1nnc(-c2ccc(F)c(F)c2)n1. The zero-order valence-electron chi connectivity index (χ0n) is 9.05. The predicted molar refractivity (Wildman–Crippen MR) is 55.4 cm³/mol. The molecule has 18 heavy (non-hydrogen) atoms. The van der Waals surface area contributed by atoms with Crippen molar-refractivity contribution in [2.24, 2.45) is 0 Å². The molecule has 0 radical (unpaired) electrons. The minimum Gasteiger partial charge on any atom is -0.481 e. The van der Waals surface area contributed by atoms with Crippen LogP contribution in [-0.4, -0.2) is 31.3 Å². The second kappa shape index (κ2) is 4.86. The molecule has 6 nitrogen and oxygen atoms in total. The van der Waals surface area contributed by atoms with E-state index in [1.54, 1.807) is 0 Å². The van der Waals surface area contributed by atoms with Gasteiger partial charge in [0.05, 0.1) is 13.0 Å². The highest BCUT2D eigenvalue weighted by Crippen LogP contribution is 2.16. The minimum atomic E-state index is -1.01. The van der Waals surface area contributed by atoms with Crippen LogP contribution in [0, 0.1) is 11.6 Å². The van der Waals surface area contributed by atoms with Crippen molar-refractivity contribution in [1.82, 2.24) is 20.2 Å². The molecule has 1 aromatic carbocycles. The third kappa shape index (κ3) is 2.65. The highest BCUT2D eigenvalue weighted by atomic mass is 19.2. The van der Waals surface area contributed by atoms with E-state index in [0.717, 1.165) is 16.9 Å². The molecule has 0 saturated heterocycles. The summed E-state index contributed by atoms with van der Waals surface area (Å²) in [5, 5.41) is 19.6. The summed E-state index contributed by atoms with van der Waals surface area (Å²) in [7, 11) is 0. The van der Waals surface area contributed by atoms with Gasteiger partial charge in [0.25, 0.3) is 0 Å². The van der Waals surface area contributed by atoms with Crippen LogP contribution in [0.1, 0.15) is 6.42 Å². The standard InChI is InChI=1S/C10H8F2N4O2/c11-7-2-1-6(5-8(7)12)10-13-15-16(14-10)4-3-9(17)18/h1-2,5H,3-4H2,(H,17,18). The highest BCUT2D eigenvalue weighted by Gasteiger charge is 2.10. The second-order valence-corrected chi connectivity index (χ2v) is 3.48. The van der Waals surface area contributed by atoms with E-state index in [2.05, 4.69) is 15.4 Å². The summed E-state index contributed by atoms with van der Waals surface area (Å²) in [6, 6.07) is 3.23. The first-order valence-electron chi connectivity index (χ1n) is 5.01. The van der Waals surface area contributed by atoms with Crippen molar-refractivity contribution >= 4 is 5.97 Å². The van der Waals surface area contributed by atoms with E-state index in [1.807, 2.05) is 0 Å². The predicted octanol–water partition coefficient (Wildman–Crippen LogP) is 1.09. The van der Waals surface area contributed by atoms with Crippen LogP contribution in [0.4, 0.5) is 8.78 Å². The molecule has 1 heterocycles. The quantitative estimate of drug-likeness (QED) is 0.883. The smallest absolute Gasteiger partial charge is 0.305 e. The Labute approximate surface area is 99.9 Å². The number of carboxylic acids is 1. The maximum absolute atomic E-state index is 13.0. The molecule has 0 aliphatic rings. The lowest BCUT2D eigenvalue weighted by atomic mass is 10.2. The van der Waals surface area contributed by atoms with E-state index in [4.69, 9.17) is 5.11 Å². The number of hydrogen-bond donors (Lipinski definition) is 1. The van der Waals surface area contributed by atoms with Crippen LogP contribution in [0.15, 0.2) is 18.2 Å². The van der Waals surface area contributed by atoms with Gasteiger partial charge in [-0.2, -0.15) is 4.80 Å². The monoisotopic (exact) mass is 254 g/mol. The summed E-state index contributed by atoms with van der Waals surface area (Å²) < 4.78 is 25.7. The molecular weight excluding hydrogens is 246 g/mol. The molecule has 94 valence electrons. The van der Waals surface area contributed by atoms with Gasteiger partial charge in [0, 0.05) is 5.56 Å². The summed E-state index contributed by atoms with van der Waals surface area (Å²) in [5.41, 5.74) is 0.274. The number of aromatic nitrogens is 4. The maximum atomic E-state index is 13.0. The van der Waals surface area contributed by atoms with Crippen molar-refractivity contribution in [2.75, 3.05) is 0 Å². The van der Waals surface area contributed by atoms with Gasteiger partial charge < -0.3 is 5.11 Å². The molecule has 1 N–H and O–H groups in total. The number of benzene rings is 1. The van der Waals surface area contributed by atoms with Crippen LogP contribution < -0.4 is 0 Å². The fourth-order valence-electron chi connectivity index (χ4n) is 1.28. The number of tetrazole rings is 1. The number of nitrogens with zero attached hydrogens (tertiary/aromatic N) is 4. The normalized spacial score (nSPS) is 10.6. The van der Waals surface area contributed by atoms with E-state index in [1.165, 1.54) is 6.07 Å². The number of halogens is 2. The van der Waals surface area contributed by atoms with Crippen molar-refractivity contribution < 1.29 is 18.7 Å². The molecule has 0 aliphatic carbocycles. The van der Waals surface area contributed by atoms with Crippen LogP contribution in [-0.2, 0) is 11.3 Å². The van der Waals surface area contributed by atoms with Crippen molar-refractivity contribution in [1.29, 1.82) is 0 Å². The fourth-order valence-corrected chi connectivity index (χ4v) is 1.28. The van der Waals surface area contributed by atoms with Gasteiger partial charge in [-0.3, -0.25) is 4.79 Å². The van der Waals surface area contributed by atoms with Gasteiger partial charge in [-0.25, -0.2) is 8.78 Å². The third-order valence-corrected chi connectivity index (χ3v) is 2.16. The van der Waals surface area contributed by atoms with Gasteiger partial charge >= 0.3 is 5.97 Å². The van der Waals surface area contributed by atoms with Gasteiger partial charge in [-0.05, 0) is 23.4 Å². The Morgan fingerprint density at radius 2 is 2.11 bits per heavy atom. The highest BCUT2D eigenvalue weighted by molar-refractivity contribution is 5.66. The van der Waals surface area contributed by atoms with Crippen molar-refractivity contribution in [2.45, 2.75) is 13.0 Å². The summed E-state index contributed by atoms with van der Waals surface area (Å²) >= 11 is 0. The number of hydrogen-bond acceptors (Lipinski definition) is 4. The average molecular weight is 254 g/mol. The molecule has 0 aliphatic heterocycles. The lowest BCUT2D eigenvalue weighted by molar-refractivity contribution is -0.137. The average Bonchev–Trinajstić information content (AvgIpc) is 2.79. The van der Waals surface area contributed by atoms with Crippen LogP contribution >= 0.6 is 0 Å². The van der Waals surface area contributed by atoms with E-state index in [0.29, 0.717) is 0 Å². The van der Waals surface area contributed by atoms with Crippen molar-refractivity contribution in [3.05, 3.63) is 29.8 Å². The molecule has 8 heteroatoms. The zero-order valence-corrected chi connectivity index (χ0v) is 9.05. The maximum Gasteiger partial charge on any atom is 0.305 e. The Morgan fingerprint density at radius 3 is 2.78 bits per heavy atom. The summed E-state index contributed by atoms with van der Waals surface area (Å²) in [5.74, 6) is -2.84. The Morgan fingerprint density at radius 1 is 1.33 bits per heavy atom. The number of aryl methyl sites for hydroxylation is 1. The summed E-state index contributed by atoms with van der Waals surface area (Å²) in [4.78, 5) is 11.4. The molecule has 2 aromatic rings. The molecule has 0 spiro atoms. The van der Waals surface area contributed by atoms with Crippen LogP contribution in [0.25, 0.3) is 11.4 Å². The molecule has 0 bridgehead atoms. The summed E-state index contributed by atoms with van der Waals surface area (Å²) in [6.07, 6.45) is -0.145. The zero-order chi connectivity index (χ0) is 13.1. The molecule has 0 unspecified atom stereocenters. The van der Waals surface area contributed by atoms with E-state index in [-0.39, 0.29) is 24.4 Å². The minimum absolute atomic E-state index is 0.0615. The molecule has 2 rings (SSSR count).